The van der Waals surface area contributed by atoms with E-state index in [2.05, 4.69) is 32.6 Å². The fourth-order valence-electron chi connectivity index (χ4n) is 2.18. The Hall–Kier alpha value is -0.0800. The molecule has 14 heavy (non-hydrogen) atoms. The molecule has 2 heteroatoms. The Labute approximate surface area is 88.8 Å². The molecule has 0 bridgehead atoms. The van der Waals surface area contributed by atoms with E-state index in [4.69, 9.17) is 5.73 Å². The average molecular weight is 198 g/mol. The smallest absolute Gasteiger partial charge is 0.0226 e. The summed E-state index contributed by atoms with van der Waals surface area (Å²) >= 11 is 0. The van der Waals surface area contributed by atoms with Gasteiger partial charge in [-0.05, 0) is 45.2 Å². The Balaban J connectivity index is 2.36. The SMILES string of the molecule is CCC1(C)CCN(CC(C)(C)N)CC1. The van der Waals surface area contributed by atoms with E-state index < -0.39 is 0 Å². The number of nitrogens with zero attached hydrogens (tertiary/aromatic N) is 1. The first-order valence-corrected chi connectivity index (χ1v) is 5.86. The molecule has 1 fully saturated rings. The molecule has 2 nitrogen and oxygen atoms in total. The fourth-order valence-corrected chi connectivity index (χ4v) is 2.18. The van der Waals surface area contributed by atoms with Crippen LogP contribution in [0, 0.1) is 5.41 Å². The number of likely N-dealkylation sites (tertiary alicyclic amines) is 1. The fraction of sp³-hybridized carbons (Fsp3) is 1.00. The first-order chi connectivity index (χ1) is 6.35. The summed E-state index contributed by atoms with van der Waals surface area (Å²) in [5.74, 6) is 0. The van der Waals surface area contributed by atoms with Gasteiger partial charge in [0.1, 0.15) is 0 Å². The zero-order chi connectivity index (χ0) is 10.8. The van der Waals surface area contributed by atoms with E-state index in [0.29, 0.717) is 5.41 Å². The van der Waals surface area contributed by atoms with Gasteiger partial charge in [0.25, 0.3) is 0 Å². The second-order valence-corrected chi connectivity index (χ2v) is 5.93. The summed E-state index contributed by atoms with van der Waals surface area (Å²) in [6.45, 7) is 12.4. The zero-order valence-corrected chi connectivity index (χ0v) is 10.3. The zero-order valence-electron chi connectivity index (χ0n) is 10.3. The molecule has 0 aromatic rings. The van der Waals surface area contributed by atoms with Gasteiger partial charge in [-0.1, -0.05) is 20.3 Å². The van der Waals surface area contributed by atoms with Crippen LogP contribution in [0.2, 0.25) is 0 Å². The van der Waals surface area contributed by atoms with Crippen molar-refractivity contribution in [2.75, 3.05) is 19.6 Å². The number of hydrogen-bond donors (Lipinski definition) is 1. The molecule has 0 unspecified atom stereocenters. The maximum absolute atomic E-state index is 6.02. The number of rotatable bonds is 3. The van der Waals surface area contributed by atoms with E-state index in [1.807, 2.05) is 0 Å². The molecule has 1 aliphatic rings. The van der Waals surface area contributed by atoms with Gasteiger partial charge in [-0.3, -0.25) is 0 Å². The molecule has 1 aliphatic heterocycles. The monoisotopic (exact) mass is 198 g/mol. The minimum atomic E-state index is -0.0417. The van der Waals surface area contributed by atoms with Crippen molar-refractivity contribution in [3.8, 4) is 0 Å². The quantitative estimate of drug-likeness (QED) is 0.753. The Morgan fingerprint density at radius 2 is 1.79 bits per heavy atom. The maximum Gasteiger partial charge on any atom is 0.0226 e. The summed E-state index contributed by atoms with van der Waals surface area (Å²) in [7, 11) is 0. The van der Waals surface area contributed by atoms with Gasteiger partial charge in [0.2, 0.25) is 0 Å². The molecule has 0 spiro atoms. The molecule has 0 saturated carbocycles. The lowest BCUT2D eigenvalue weighted by atomic mass is 9.78. The minimum absolute atomic E-state index is 0.0417. The molecule has 1 saturated heterocycles. The normalized spacial score (nSPS) is 23.8. The lowest BCUT2D eigenvalue weighted by Crippen LogP contribution is -2.49. The second-order valence-electron chi connectivity index (χ2n) is 5.93. The van der Waals surface area contributed by atoms with Crippen molar-refractivity contribution < 1.29 is 0 Å². The van der Waals surface area contributed by atoms with Gasteiger partial charge in [-0.15, -0.1) is 0 Å². The van der Waals surface area contributed by atoms with Crippen molar-refractivity contribution in [2.45, 2.75) is 52.5 Å². The minimum Gasteiger partial charge on any atom is -0.324 e. The molecule has 1 heterocycles. The van der Waals surface area contributed by atoms with Gasteiger partial charge < -0.3 is 10.6 Å². The van der Waals surface area contributed by atoms with Crippen molar-refractivity contribution in [2.24, 2.45) is 11.1 Å². The second kappa shape index (κ2) is 4.19. The molecular weight excluding hydrogens is 172 g/mol. The van der Waals surface area contributed by atoms with Gasteiger partial charge in [0, 0.05) is 12.1 Å². The summed E-state index contributed by atoms with van der Waals surface area (Å²) in [4.78, 5) is 2.51. The van der Waals surface area contributed by atoms with Crippen molar-refractivity contribution in [3.05, 3.63) is 0 Å². The molecular formula is C12H26N2. The third-order valence-electron chi connectivity index (χ3n) is 3.55. The van der Waals surface area contributed by atoms with Gasteiger partial charge in [0.05, 0.1) is 0 Å². The maximum atomic E-state index is 6.02. The predicted octanol–water partition coefficient (Wildman–Crippen LogP) is 2.24. The molecule has 2 N–H and O–H groups in total. The molecule has 0 amide bonds. The van der Waals surface area contributed by atoms with Crippen LogP contribution in [0.15, 0.2) is 0 Å². The summed E-state index contributed by atoms with van der Waals surface area (Å²) in [6, 6.07) is 0. The van der Waals surface area contributed by atoms with E-state index in [1.165, 1.54) is 32.4 Å². The molecule has 0 radical (unpaired) electrons. The predicted molar refractivity (Wildman–Crippen MR) is 62.3 cm³/mol. The topological polar surface area (TPSA) is 29.3 Å². The van der Waals surface area contributed by atoms with Crippen LogP contribution in [0.4, 0.5) is 0 Å². The van der Waals surface area contributed by atoms with Crippen LogP contribution in [0.25, 0.3) is 0 Å². The largest absolute Gasteiger partial charge is 0.324 e. The summed E-state index contributed by atoms with van der Waals surface area (Å²) in [5, 5.41) is 0. The first kappa shape index (κ1) is 12.0. The van der Waals surface area contributed by atoms with Crippen molar-refractivity contribution in [3.63, 3.8) is 0 Å². The standard InChI is InChI=1S/C12H26N2/c1-5-12(4)6-8-14(9-7-12)10-11(2,3)13/h5-10,13H2,1-4H3. The molecule has 0 aromatic heterocycles. The molecule has 84 valence electrons. The van der Waals surface area contributed by atoms with Crippen molar-refractivity contribution >= 4 is 0 Å². The van der Waals surface area contributed by atoms with Crippen molar-refractivity contribution in [1.29, 1.82) is 0 Å². The molecule has 1 rings (SSSR count). The third-order valence-corrected chi connectivity index (χ3v) is 3.55. The van der Waals surface area contributed by atoms with E-state index >= 15 is 0 Å². The Morgan fingerprint density at radius 3 is 2.14 bits per heavy atom. The van der Waals surface area contributed by atoms with Gasteiger partial charge in [0.15, 0.2) is 0 Å². The average Bonchev–Trinajstić information content (AvgIpc) is 2.07. The van der Waals surface area contributed by atoms with E-state index in [9.17, 15) is 0 Å². The number of piperidine rings is 1. The molecule has 0 atom stereocenters. The lowest BCUT2D eigenvalue weighted by Gasteiger charge is -2.41. The summed E-state index contributed by atoms with van der Waals surface area (Å²) < 4.78 is 0. The van der Waals surface area contributed by atoms with Crippen LogP contribution in [0.3, 0.4) is 0 Å². The highest BCUT2D eigenvalue weighted by atomic mass is 15.1. The Morgan fingerprint density at radius 1 is 1.29 bits per heavy atom. The highest BCUT2D eigenvalue weighted by molar-refractivity contribution is 4.85. The van der Waals surface area contributed by atoms with E-state index in [0.717, 1.165) is 6.54 Å². The van der Waals surface area contributed by atoms with Crippen LogP contribution in [0.5, 0.6) is 0 Å². The van der Waals surface area contributed by atoms with Crippen LogP contribution in [0.1, 0.15) is 47.0 Å². The highest BCUT2D eigenvalue weighted by Gasteiger charge is 2.29. The number of nitrogens with two attached hydrogens (primary N) is 1. The molecule has 0 aromatic carbocycles. The van der Waals surface area contributed by atoms with Gasteiger partial charge in [-0.25, -0.2) is 0 Å². The van der Waals surface area contributed by atoms with E-state index in [1.54, 1.807) is 0 Å². The first-order valence-electron chi connectivity index (χ1n) is 5.86. The number of hydrogen-bond acceptors (Lipinski definition) is 2. The van der Waals surface area contributed by atoms with Crippen LogP contribution < -0.4 is 5.73 Å². The van der Waals surface area contributed by atoms with Crippen LogP contribution in [-0.2, 0) is 0 Å². The summed E-state index contributed by atoms with van der Waals surface area (Å²) in [5.41, 5.74) is 6.58. The molecule has 0 aliphatic carbocycles. The summed E-state index contributed by atoms with van der Waals surface area (Å²) in [6.07, 6.45) is 3.98. The Kier molecular flexibility index (Phi) is 3.59. The van der Waals surface area contributed by atoms with Gasteiger partial charge >= 0.3 is 0 Å². The lowest BCUT2D eigenvalue weighted by molar-refractivity contribution is 0.100. The third kappa shape index (κ3) is 3.58. The van der Waals surface area contributed by atoms with E-state index in [-0.39, 0.29) is 5.54 Å². The van der Waals surface area contributed by atoms with Crippen LogP contribution >= 0.6 is 0 Å². The van der Waals surface area contributed by atoms with Crippen LogP contribution in [-0.4, -0.2) is 30.1 Å². The highest BCUT2D eigenvalue weighted by Crippen LogP contribution is 2.33. The van der Waals surface area contributed by atoms with Gasteiger partial charge in [-0.2, -0.15) is 0 Å². The van der Waals surface area contributed by atoms with Crippen molar-refractivity contribution in [1.82, 2.24) is 4.90 Å². The Bertz CT molecular complexity index is 173.